The van der Waals surface area contributed by atoms with Crippen LogP contribution in [-0.2, 0) is 16.0 Å². The minimum absolute atomic E-state index is 0.0322. The molecule has 0 saturated heterocycles. The number of nitrogens with zero attached hydrogens (tertiary/aromatic N) is 1. The van der Waals surface area contributed by atoms with Crippen molar-refractivity contribution in [3.63, 3.8) is 0 Å². The maximum atomic E-state index is 12.3. The number of ether oxygens (including phenoxy) is 1. The van der Waals surface area contributed by atoms with Crippen LogP contribution in [0.4, 0.5) is 17.1 Å². The number of hydrogen-bond acceptors (Lipinski definition) is 8. The number of esters is 1. The summed E-state index contributed by atoms with van der Waals surface area (Å²) in [4.78, 5) is 50.2. The molecule has 0 aliphatic heterocycles. The quantitative estimate of drug-likeness (QED) is 0.276. The second kappa shape index (κ2) is 9.34. The van der Waals surface area contributed by atoms with Gasteiger partial charge in [0.1, 0.15) is 17.4 Å². The van der Waals surface area contributed by atoms with Crippen molar-refractivity contribution in [1.82, 2.24) is 4.90 Å². The zero-order valence-corrected chi connectivity index (χ0v) is 17.8. The number of phenolic OH excluding ortho intramolecular Hbond substituents is 1. The molecule has 9 nitrogen and oxygen atoms in total. The summed E-state index contributed by atoms with van der Waals surface area (Å²) in [6.45, 7) is 0. The van der Waals surface area contributed by atoms with Crippen molar-refractivity contribution in [2.45, 2.75) is 12.5 Å². The summed E-state index contributed by atoms with van der Waals surface area (Å²) in [6, 6.07) is 12.6. The molecule has 1 atom stereocenters. The van der Waals surface area contributed by atoms with Crippen molar-refractivity contribution in [3.05, 3.63) is 80.1 Å². The Morgan fingerprint density at radius 3 is 2.28 bits per heavy atom. The standard InChI is InChI=1S/C23H23N3O6/c1-26(2)22(30)14-10-7-11-15(19(14)27)24-17-18(21(29)20(17)28)25-16(23(31)32-3)12-13-8-5-4-6-9-13/h4-11,16,24-25,27H,12H2,1-3H3/t16-/m0/s1. The van der Waals surface area contributed by atoms with Gasteiger partial charge in [-0.3, -0.25) is 14.4 Å². The van der Waals surface area contributed by atoms with Crippen LogP contribution in [-0.4, -0.2) is 49.1 Å². The number of rotatable bonds is 8. The van der Waals surface area contributed by atoms with Crippen LogP contribution in [0.5, 0.6) is 5.75 Å². The topological polar surface area (TPSA) is 125 Å². The third-order valence-electron chi connectivity index (χ3n) is 4.93. The van der Waals surface area contributed by atoms with Crippen molar-refractivity contribution in [3.8, 4) is 5.75 Å². The number of phenols is 1. The number of hydrogen-bond donors (Lipinski definition) is 3. The van der Waals surface area contributed by atoms with E-state index >= 15 is 0 Å². The highest BCUT2D eigenvalue weighted by molar-refractivity contribution is 5.99. The van der Waals surface area contributed by atoms with E-state index in [9.17, 15) is 24.3 Å². The summed E-state index contributed by atoms with van der Waals surface area (Å²) in [5.41, 5.74) is -0.868. The lowest BCUT2D eigenvalue weighted by Gasteiger charge is -2.21. The smallest absolute Gasteiger partial charge is 0.328 e. The van der Waals surface area contributed by atoms with Crippen LogP contribution >= 0.6 is 0 Å². The predicted octanol–water partition coefficient (Wildman–Crippen LogP) is 1.63. The molecule has 166 valence electrons. The maximum absolute atomic E-state index is 12.3. The fourth-order valence-electron chi connectivity index (χ4n) is 3.20. The molecule has 0 spiro atoms. The predicted molar refractivity (Wildman–Crippen MR) is 120 cm³/mol. The molecule has 3 rings (SSSR count). The van der Waals surface area contributed by atoms with Gasteiger partial charge in [0.2, 0.25) is 0 Å². The Hall–Kier alpha value is -4.14. The minimum Gasteiger partial charge on any atom is -0.505 e. The Morgan fingerprint density at radius 1 is 1.00 bits per heavy atom. The number of para-hydroxylation sites is 1. The van der Waals surface area contributed by atoms with Gasteiger partial charge in [-0.1, -0.05) is 36.4 Å². The average Bonchev–Trinajstić information content (AvgIpc) is 2.80. The molecule has 0 aliphatic rings. The number of carbonyl (C=O) groups is 2. The number of carbonyl (C=O) groups excluding carboxylic acids is 2. The van der Waals surface area contributed by atoms with E-state index in [4.69, 9.17) is 4.74 Å². The van der Waals surface area contributed by atoms with E-state index in [0.717, 1.165) is 5.56 Å². The van der Waals surface area contributed by atoms with Gasteiger partial charge in [-0.15, -0.1) is 0 Å². The lowest BCUT2D eigenvalue weighted by Crippen LogP contribution is -2.42. The molecular weight excluding hydrogens is 414 g/mol. The van der Waals surface area contributed by atoms with Gasteiger partial charge in [0, 0.05) is 20.5 Å². The van der Waals surface area contributed by atoms with E-state index in [0.29, 0.717) is 0 Å². The third-order valence-corrected chi connectivity index (χ3v) is 4.93. The molecule has 0 radical (unpaired) electrons. The molecule has 0 heterocycles. The highest BCUT2D eigenvalue weighted by Gasteiger charge is 2.28. The minimum atomic E-state index is -0.915. The van der Waals surface area contributed by atoms with Crippen molar-refractivity contribution < 1.29 is 19.4 Å². The maximum Gasteiger partial charge on any atom is 0.328 e. The monoisotopic (exact) mass is 437 g/mol. The highest BCUT2D eigenvalue weighted by Crippen LogP contribution is 2.32. The van der Waals surface area contributed by atoms with Gasteiger partial charge in [0.15, 0.2) is 5.75 Å². The number of methoxy groups -OCH3 is 1. The number of aromatic hydroxyl groups is 1. The van der Waals surface area contributed by atoms with Crippen LogP contribution in [0.1, 0.15) is 15.9 Å². The van der Waals surface area contributed by atoms with Gasteiger partial charge < -0.3 is 25.4 Å². The lowest BCUT2D eigenvalue weighted by atomic mass is 10.0. The molecule has 1 amide bonds. The lowest BCUT2D eigenvalue weighted by molar-refractivity contribution is -0.141. The summed E-state index contributed by atoms with van der Waals surface area (Å²) in [6.07, 6.45) is 0.226. The summed E-state index contributed by atoms with van der Waals surface area (Å²) < 4.78 is 4.83. The van der Waals surface area contributed by atoms with E-state index in [1.54, 1.807) is 14.1 Å². The van der Waals surface area contributed by atoms with Crippen LogP contribution in [0.25, 0.3) is 0 Å². The van der Waals surface area contributed by atoms with E-state index in [2.05, 4.69) is 10.6 Å². The van der Waals surface area contributed by atoms with Gasteiger partial charge in [-0.2, -0.15) is 0 Å². The number of benzene rings is 2. The first-order chi connectivity index (χ1) is 15.2. The largest absolute Gasteiger partial charge is 0.505 e. The summed E-state index contributed by atoms with van der Waals surface area (Å²) in [5, 5.41) is 16.0. The van der Waals surface area contributed by atoms with Gasteiger partial charge in [-0.05, 0) is 17.7 Å². The van der Waals surface area contributed by atoms with E-state index < -0.39 is 28.8 Å². The van der Waals surface area contributed by atoms with Gasteiger partial charge in [-0.25, -0.2) is 4.79 Å². The summed E-state index contributed by atoms with van der Waals surface area (Å²) >= 11 is 0. The number of amides is 1. The van der Waals surface area contributed by atoms with Crippen LogP contribution in [0.2, 0.25) is 0 Å². The van der Waals surface area contributed by atoms with Crippen molar-refractivity contribution in [1.29, 1.82) is 0 Å². The van der Waals surface area contributed by atoms with Crippen molar-refractivity contribution in [2.24, 2.45) is 0 Å². The third kappa shape index (κ3) is 4.46. The molecule has 9 heteroatoms. The molecule has 0 unspecified atom stereocenters. The van der Waals surface area contributed by atoms with Crippen LogP contribution in [0.3, 0.4) is 0 Å². The van der Waals surface area contributed by atoms with Crippen molar-refractivity contribution in [2.75, 3.05) is 31.8 Å². The molecule has 0 aliphatic carbocycles. The van der Waals surface area contributed by atoms with Gasteiger partial charge >= 0.3 is 5.97 Å². The van der Waals surface area contributed by atoms with Crippen molar-refractivity contribution >= 4 is 28.9 Å². The Balaban J connectivity index is 1.89. The average molecular weight is 437 g/mol. The van der Waals surface area contributed by atoms with E-state index in [1.165, 1.54) is 30.2 Å². The van der Waals surface area contributed by atoms with Gasteiger partial charge in [0.25, 0.3) is 16.8 Å². The molecular formula is C23H23N3O6. The first-order valence-electron chi connectivity index (χ1n) is 9.76. The SMILES string of the molecule is COC(=O)[C@H](Cc1ccccc1)Nc1c(Nc2cccc(C(=O)N(C)C)c2O)c(=O)c1=O. The molecule has 0 saturated carbocycles. The zero-order valence-electron chi connectivity index (χ0n) is 17.8. The Kier molecular flexibility index (Phi) is 6.58. The first-order valence-corrected chi connectivity index (χ1v) is 9.76. The van der Waals surface area contributed by atoms with Crippen LogP contribution in [0, 0.1) is 0 Å². The van der Waals surface area contributed by atoms with E-state index in [-0.39, 0.29) is 34.8 Å². The molecule has 3 aromatic rings. The molecule has 0 bridgehead atoms. The fraction of sp³-hybridized carbons (Fsp3) is 0.217. The summed E-state index contributed by atoms with van der Waals surface area (Å²) in [5.74, 6) is -1.39. The highest BCUT2D eigenvalue weighted by atomic mass is 16.5. The zero-order chi connectivity index (χ0) is 23.4. The van der Waals surface area contributed by atoms with Crippen LogP contribution < -0.4 is 21.5 Å². The van der Waals surface area contributed by atoms with Crippen LogP contribution in [0.15, 0.2) is 58.1 Å². The molecule has 0 aromatic heterocycles. The Bertz CT molecular complexity index is 1210. The Morgan fingerprint density at radius 2 is 1.66 bits per heavy atom. The van der Waals surface area contributed by atoms with E-state index in [1.807, 2.05) is 30.3 Å². The van der Waals surface area contributed by atoms with Gasteiger partial charge in [0.05, 0.1) is 18.4 Å². The first kappa shape index (κ1) is 22.5. The number of anilines is 3. The normalized spacial score (nSPS) is 11.6. The fourth-order valence-corrected chi connectivity index (χ4v) is 3.20. The molecule has 3 aromatic carbocycles. The molecule has 32 heavy (non-hydrogen) atoms. The Labute approximate surface area is 183 Å². The summed E-state index contributed by atoms with van der Waals surface area (Å²) in [7, 11) is 4.31. The molecule has 3 N–H and O–H groups in total. The second-order valence-electron chi connectivity index (χ2n) is 7.34. The molecule has 0 fully saturated rings. The second-order valence-corrected chi connectivity index (χ2v) is 7.34. The number of nitrogens with one attached hydrogen (secondary N) is 2.